The van der Waals surface area contributed by atoms with E-state index in [0.29, 0.717) is 0 Å². The zero-order chi connectivity index (χ0) is 17.8. The fourth-order valence-corrected chi connectivity index (χ4v) is 2.11. The third kappa shape index (κ3) is 4.72. The molecular formula is C13H28N4O5. The molecule has 0 aromatic heterocycles. The van der Waals surface area contributed by atoms with Gasteiger partial charge in [-0.15, -0.1) is 0 Å². The number of rotatable bonds is 6. The maximum Gasteiger partial charge on any atom is 0.410 e. The number of hydrogen-bond acceptors (Lipinski definition) is 5. The molecule has 0 saturated carbocycles. The fraction of sp³-hybridized carbons (Fsp3) is 0.846. The Balaban J connectivity index is 6.08. The monoisotopic (exact) mass is 320 g/mol. The van der Waals surface area contributed by atoms with E-state index in [1.165, 1.54) is 0 Å². The fourth-order valence-electron chi connectivity index (χ4n) is 2.11. The lowest BCUT2D eigenvalue weighted by Gasteiger charge is -2.54. The third-order valence-electron chi connectivity index (χ3n) is 3.01. The van der Waals surface area contributed by atoms with Crippen molar-refractivity contribution >= 4 is 12.2 Å². The summed E-state index contributed by atoms with van der Waals surface area (Å²) >= 11 is 0. The molecule has 1 atom stereocenters. The molecule has 0 aliphatic carbocycles. The molecular weight excluding hydrogens is 292 g/mol. The topological polar surface area (TPSA) is 137 Å². The van der Waals surface area contributed by atoms with Gasteiger partial charge in [0.15, 0.2) is 0 Å². The first kappa shape index (κ1) is 20.4. The number of carbonyl (C=O) groups is 2. The first-order valence-electron chi connectivity index (χ1n) is 6.93. The summed E-state index contributed by atoms with van der Waals surface area (Å²) in [5.41, 5.74) is 6.15. The molecule has 2 amide bonds. The molecule has 9 nitrogen and oxygen atoms in total. The summed E-state index contributed by atoms with van der Waals surface area (Å²) in [5, 5.41) is 21.1. The van der Waals surface area contributed by atoms with E-state index in [1.807, 2.05) is 0 Å². The van der Waals surface area contributed by atoms with Crippen molar-refractivity contribution in [3.63, 3.8) is 0 Å². The van der Waals surface area contributed by atoms with Gasteiger partial charge < -0.3 is 15.9 Å². The Hall–Kier alpha value is -1.58. The van der Waals surface area contributed by atoms with Crippen LogP contribution in [0.2, 0.25) is 0 Å². The Kier molecular flexibility index (Phi) is 6.61. The van der Waals surface area contributed by atoms with Crippen LogP contribution >= 0.6 is 0 Å². The summed E-state index contributed by atoms with van der Waals surface area (Å²) in [6.07, 6.45) is -2.67. The average molecular weight is 320 g/mol. The van der Waals surface area contributed by atoms with Gasteiger partial charge in [0.1, 0.15) is 0 Å². The van der Waals surface area contributed by atoms with Crippen molar-refractivity contribution in [3.8, 4) is 0 Å². The van der Waals surface area contributed by atoms with Crippen LogP contribution in [0.4, 0.5) is 9.59 Å². The van der Waals surface area contributed by atoms with E-state index < -0.39 is 28.9 Å². The Morgan fingerprint density at radius 2 is 1.64 bits per heavy atom. The molecule has 0 rings (SSSR count). The van der Waals surface area contributed by atoms with E-state index in [-0.39, 0.29) is 13.2 Å². The molecule has 0 aliphatic rings. The van der Waals surface area contributed by atoms with Crippen LogP contribution in [-0.4, -0.2) is 51.8 Å². The predicted octanol–water partition coefficient (Wildman–Crippen LogP) is 1.21. The van der Waals surface area contributed by atoms with E-state index in [4.69, 9.17) is 10.6 Å². The summed E-state index contributed by atoms with van der Waals surface area (Å²) < 4.78 is 0. The average Bonchev–Trinajstić information content (AvgIpc) is 2.23. The summed E-state index contributed by atoms with van der Waals surface area (Å²) in [6, 6.07) is 0. The Labute approximate surface area is 130 Å². The maximum atomic E-state index is 11.8. The van der Waals surface area contributed by atoms with E-state index >= 15 is 0 Å². The predicted molar refractivity (Wildman–Crippen MR) is 81.1 cm³/mol. The number of carboxylic acid groups (broad SMARTS) is 2. The standard InChI is InChI=1S/C13H28N4O5/c1-11(2,3)13(15-9(18)19,16-22-8-7-14)17(10(20)21)12(4,5)6/h15-16H,7-8,14H2,1-6H3,(H,18,19)(H,20,21). The van der Waals surface area contributed by atoms with E-state index in [9.17, 15) is 19.8 Å². The molecule has 0 heterocycles. The van der Waals surface area contributed by atoms with Crippen LogP contribution in [0.3, 0.4) is 0 Å². The minimum atomic E-state index is -1.71. The van der Waals surface area contributed by atoms with Crippen molar-refractivity contribution in [2.45, 2.75) is 52.9 Å². The minimum absolute atomic E-state index is 0.0940. The second-order valence-electron chi connectivity index (χ2n) is 6.92. The lowest BCUT2D eigenvalue weighted by molar-refractivity contribution is -0.167. The van der Waals surface area contributed by atoms with Crippen LogP contribution in [0, 0.1) is 5.41 Å². The second-order valence-corrected chi connectivity index (χ2v) is 6.92. The first-order valence-corrected chi connectivity index (χ1v) is 6.93. The number of hydroxylamine groups is 1. The van der Waals surface area contributed by atoms with Crippen LogP contribution in [0.15, 0.2) is 0 Å². The Bertz CT molecular complexity index is 402. The molecule has 6 N–H and O–H groups in total. The van der Waals surface area contributed by atoms with Crippen molar-refractivity contribution in [2.24, 2.45) is 11.1 Å². The largest absolute Gasteiger partial charge is 0.465 e. The van der Waals surface area contributed by atoms with Gasteiger partial charge in [0.2, 0.25) is 5.79 Å². The lowest BCUT2D eigenvalue weighted by Crippen LogP contribution is -2.78. The van der Waals surface area contributed by atoms with Gasteiger partial charge in [-0.2, -0.15) is 5.48 Å². The van der Waals surface area contributed by atoms with Gasteiger partial charge in [0.05, 0.1) is 6.61 Å². The molecule has 1 unspecified atom stereocenters. The molecule has 0 aromatic rings. The van der Waals surface area contributed by atoms with Crippen molar-refractivity contribution in [1.82, 2.24) is 15.7 Å². The summed E-state index contributed by atoms with van der Waals surface area (Å²) in [6.45, 7) is 10.4. The Morgan fingerprint density at radius 3 is 1.91 bits per heavy atom. The molecule has 0 aliphatic heterocycles. The molecule has 0 spiro atoms. The van der Waals surface area contributed by atoms with Gasteiger partial charge in [-0.25, -0.2) is 9.59 Å². The SMILES string of the molecule is CC(C)(C)N(C(=O)O)C(NOCCN)(NC(=O)O)C(C)(C)C. The van der Waals surface area contributed by atoms with Crippen LogP contribution in [0.1, 0.15) is 41.5 Å². The van der Waals surface area contributed by atoms with E-state index in [2.05, 4.69) is 10.8 Å². The first-order chi connectivity index (χ1) is 9.79. The quantitative estimate of drug-likeness (QED) is 0.282. The zero-order valence-electron chi connectivity index (χ0n) is 14.1. The van der Waals surface area contributed by atoms with Gasteiger partial charge >= 0.3 is 12.2 Å². The van der Waals surface area contributed by atoms with Crippen LogP contribution < -0.4 is 16.5 Å². The molecule has 130 valence electrons. The lowest BCUT2D eigenvalue weighted by atomic mass is 9.83. The van der Waals surface area contributed by atoms with Gasteiger partial charge in [-0.3, -0.25) is 15.1 Å². The van der Waals surface area contributed by atoms with E-state index in [1.54, 1.807) is 41.5 Å². The molecule has 0 radical (unpaired) electrons. The molecule has 0 aromatic carbocycles. The van der Waals surface area contributed by atoms with Gasteiger partial charge in [-0.1, -0.05) is 20.8 Å². The maximum absolute atomic E-state index is 11.8. The van der Waals surface area contributed by atoms with Gasteiger partial charge in [0, 0.05) is 17.5 Å². The summed E-state index contributed by atoms with van der Waals surface area (Å²) in [7, 11) is 0. The number of hydrogen-bond donors (Lipinski definition) is 5. The number of amides is 2. The van der Waals surface area contributed by atoms with Crippen molar-refractivity contribution < 1.29 is 24.6 Å². The van der Waals surface area contributed by atoms with Crippen LogP contribution in [0.5, 0.6) is 0 Å². The number of nitrogens with two attached hydrogens (primary N) is 1. The summed E-state index contributed by atoms with van der Waals surface area (Å²) in [4.78, 5) is 29.3. The molecule has 22 heavy (non-hydrogen) atoms. The van der Waals surface area contributed by atoms with Crippen molar-refractivity contribution in [1.29, 1.82) is 0 Å². The van der Waals surface area contributed by atoms with Gasteiger partial charge in [-0.05, 0) is 20.8 Å². The highest BCUT2D eigenvalue weighted by atomic mass is 16.7. The highest BCUT2D eigenvalue weighted by molar-refractivity contribution is 5.70. The molecule has 0 fully saturated rings. The van der Waals surface area contributed by atoms with Crippen molar-refractivity contribution in [3.05, 3.63) is 0 Å². The second kappa shape index (κ2) is 7.12. The molecule has 0 saturated heterocycles. The third-order valence-corrected chi connectivity index (χ3v) is 3.01. The Morgan fingerprint density at radius 1 is 1.14 bits per heavy atom. The van der Waals surface area contributed by atoms with Crippen LogP contribution in [-0.2, 0) is 4.84 Å². The minimum Gasteiger partial charge on any atom is -0.465 e. The number of nitrogens with one attached hydrogen (secondary N) is 2. The normalized spacial score (nSPS) is 15.0. The van der Waals surface area contributed by atoms with Crippen LogP contribution in [0.25, 0.3) is 0 Å². The smallest absolute Gasteiger partial charge is 0.410 e. The summed E-state index contributed by atoms with van der Waals surface area (Å²) in [5.74, 6) is -1.71. The molecule has 0 bridgehead atoms. The number of nitrogens with zero attached hydrogens (tertiary/aromatic N) is 1. The van der Waals surface area contributed by atoms with E-state index in [0.717, 1.165) is 4.90 Å². The highest BCUT2D eigenvalue weighted by Crippen LogP contribution is 2.36. The highest BCUT2D eigenvalue weighted by Gasteiger charge is 2.55. The van der Waals surface area contributed by atoms with Gasteiger partial charge in [0.25, 0.3) is 0 Å². The van der Waals surface area contributed by atoms with Crippen molar-refractivity contribution in [2.75, 3.05) is 13.2 Å². The zero-order valence-corrected chi connectivity index (χ0v) is 14.1. The molecule has 9 heteroatoms.